The molecule has 0 saturated carbocycles. The van der Waals surface area contributed by atoms with Gasteiger partial charge in [0.15, 0.2) is 0 Å². The SMILES string of the molecule is CCC(C(=O)O)c1c(Br)cc(C#N)cc1Br. The Bertz CT molecular complexity index is 443. The molecule has 0 fully saturated rings. The molecule has 16 heavy (non-hydrogen) atoms. The van der Waals surface area contributed by atoms with Crippen LogP contribution >= 0.6 is 31.9 Å². The van der Waals surface area contributed by atoms with Gasteiger partial charge in [0.25, 0.3) is 0 Å². The summed E-state index contributed by atoms with van der Waals surface area (Å²) < 4.78 is 1.29. The maximum atomic E-state index is 11.1. The lowest BCUT2D eigenvalue weighted by Crippen LogP contribution is -2.12. The van der Waals surface area contributed by atoms with Gasteiger partial charge in [0.2, 0.25) is 0 Å². The van der Waals surface area contributed by atoms with Crippen LogP contribution in [0.15, 0.2) is 21.1 Å². The van der Waals surface area contributed by atoms with Crippen molar-refractivity contribution in [3.63, 3.8) is 0 Å². The highest BCUT2D eigenvalue weighted by Gasteiger charge is 2.23. The van der Waals surface area contributed by atoms with Gasteiger partial charge in [-0.15, -0.1) is 0 Å². The molecule has 1 aromatic rings. The Morgan fingerprint density at radius 1 is 1.50 bits per heavy atom. The van der Waals surface area contributed by atoms with Crippen LogP contribution in [-0.2, 0) is 4.79 Å². The lowest BCUT2D eigenvalue weighted by molar-refractivity contribution is -0.138. The molecule has 0 bridgehead atoms. The second-order valence-corrected chi connectivity index (χ2v) is 4.97. The number of hydrogen-bond acceptors (Lipinski definition) is 2. The smallest absolute Gasteiger partial charge is 0.311 e. The Kier molecular flexibility index (Phi) is 4.51. The predicted molar refractivity (Wildman–Crippen MR) is 67.2 cm³/mol. The number of aliphatic carboxylic acids is 1. The lowest BCUT2D eigenvalue weighted by atomic mass is 9.96. The third-order valence-electron chi connectivity index (χ3n) is 2.26. The summed E-state index contributed by atoms with van der Waals surface area (Å²) in [6.07, 6.45) is 0.498. The van der Waals surface area contributed by atoms with Crippen LogP contribution in [0, 0.1) is 11.3 Å². The van der Waals surface area contributed by atoms with Crippen molar-refractivity contribution >= 4 is 37.8 Å². The highest BCUT2D eigenvalue weighted by atomic mass is 79.9. The first-order valence-electron chi connectivity index (χ1n) is 4.63. The molecule has 1 unspecified atom stereocenters. The Morgan fingerprint density at radius 2 is 2.00 bits per heavy atom. The number of carbonyl (C=O) groups is 1. The zero-order valence-corrected chi connectivity index (χ0v) is 11.7. The number of carboxylic acid groups (broad SMARTS) is 1. The minimum Gasteiger partial charge on any atom is -0.481 e. The number of nitrogens with zero attached hydrogens (tertiary/aromatic N) is 1. The highest BCUT2D eigenvalue weighted by molar-refractivity contribution is 9.11. The maximum Gasteiger partial charge on any atom is 0.311 e. The molecule has 0 aromatic heterocycles. The Hall–Kier alpha value is -0.860. The van der Waals surface area contributed by atoms with E-state index in [1.54, 1.807) is 12.1 Å². The van der Waals surface area contributed by atoms with Gasteiger partial charge in [-0.3, -0.25) is 4.79 Å². The van der Waals surface area contributed by atoms with Crippen LogP contribution in [0.4, 0.5) is 0 Å². The van der Waals surface area contributed by atoms with Gasteiger partial charge in [-0.2, -0.15) is 5.26 Å². The fraction of sp³-hybridized carbons (Fsp3) is 0.273. The maximum absolute atomic E-state index is 11.1. The number of carboxylic acids is 1. The average molecular weight is 347 g/mol. The van der Waals surface area contributed by atoms with Crippen molar-refractivity contribution in [2.45, 2.75) is 19.3 Å². The lowest BCUT2D eigenvalue weighted by Gasteiger charge is -2.14. The van der Waals surface area contributed by atoms with E-state index in [-0.39, 0.29) is 0 Å². The van der Waals surface area contributed by atoms with Crippen LogP contribution in [0.25, 0.3) is 0 Å². The zero-order valence-electron chi connectivity index (χ0n) is 8.50. The monoisotopic (exact) mass is 345 g/mol. The van der Waals surface area contributed by atoms with Crippen LogP contribution < -0.4 is 0 Å². The second kappa shape index (κ2) is 5.46. The molecule has 0 spiro atoms. The number of benzene rings is 1. The molecule has 84 valence electrons. The molecule has 1 N–H and O–H groups in total. The number of rotatable bonds is 3. The van der Waals surface area contributed by atoms with Gasteiger partial charge in [0.05, 0.1) is 17.6 Å². The molecular weight excluding hydrogens is 338 g/mol. The van der Waals surface area contributed by atoms with E-state index in [1.165, 1.54) is 0 Å². The van der Waals surface area contributed by atoms with E-state index in [1.807, 2.05) is 13.0 Å². The summed E-state index contributed by atoms with van der Waals surface area (Å²) >= 11 is 6.61. The van der Waals surface area contributed by atoms with Gasteiger partial charge in [0.1, 0.15) is 0 Å². The van der Waals surface area contributed by atoms with Crippen molar-refractivity contribution < 1.29 is 9.90 Å². The van der Waals surface area contributed by atoms with Gasteiger partial charge < -0.3 is 5.11 Å². The molecule has 0 aliphatic carbocycles. The van der Waals surface area contributed by atoms with Crippen molar-refractivity contribution in [1.82, 2.24) is 0 Å². The quantitative estimate of drug-likeness (QED) is 0.908. The van der Waals surface area contributed by atoms with Gasteiger partial charge in [-0.05, 0) is 24.1 Å². The van der Waals surface area contributed by atoms with Crippen molar-refractivity contribution in [2.24, 2.45) is 0 Å². The van der Waals surface area contributed by atoms with Crippen LogP contribution in [0.3, 0.4) is 0 Å². The van der Waals surface area contributed by atoms with Crippen molar-refractivity contribution in [1.29, 1.82) is 5.26 Å². The van der Waals surface area contributed by atoms with Gasteiger partial charge in [0, 0.05) is 8.95 Å². The zero-order chi connectivity index (χ0) is 12.3. The summed E-state index contributed by atoms with van der Waals surface area (Å²) in [5.74, 6) is -1.44. The van der Waals surface area contributed by atoms with E-state index in [2.05, 4.69) is 31.9 Å². The number of hydrogen-bond donors (Lipinski definition) is 1. The first-order valence-corrected chi connectivity index (χ1v) is 6.21. The van der Waals surface area contributed by atoms with E-state index >= 15 is 0 Å². The molecule has 1 rings (SSSR count). The molecule has 0 aliphatic rings. The average Bonchev–Trinajstić information content (AvgIpc) is 2.22. The molecule has 0 amide bonds. The second-order valence-electron chi connectivity index (χ2n) is 3.26. The third-order valence-corrected chi connectivity index (χ3v) is 3.58. The topological polar surface area (TPSA) is 61.1 Å². The van der Waals surface area contributed by atoms with Crippen molar-refractivity contribution in [3.8, 4) is 6.07 Å². The minimum atomic E-state index is -0.867. The molecule has 1 aromatic carbocycles. The minimum absolute atomic E-state index is 0.489. The molecule has 5 heteroatoms. The highest BCUT2D eigenvalue weighted by Crippen LogP contribution is 2.35. The number of nitriles is 1. The first kappa shape index (κ1) is 13.2. The van der Waals surface area contributed by atoms with E-state index in [4.69, 9.17) is 10.4 Å². The van der Waals surface area contributed by atoms with Gasteiger partial charge in [-0.25, -0.2) is 0 Å². The molecule has 1 atom stereocenters. The largest absolute Gasteiger partial charge is 0.481 e. The van der Waals surface area contributed by atoms with E-state index in [9.17, 15) is 4.79 Å². The molecular formula is C11H9Br2NO2. The van der Waals surface area contributed by atoms with Crippen LogP contribution in [0.5, 0.6) is 0 Å². The molecule has 0 aliphatic heterocycles. The standard InChI is InChI=1S/C11H9Br2NO2/c1-2-7(11(15)16)10-8(12)3-6(5-14)4-9(10)13/h3-4,7H,2H2,1H3,(H,15,16). The van der Waals surface area contributed by atoms with Gasteiger partial charge >= 0.3 is 5.97 Å². The van der Waals surface area contributed by atoms with E-state index < -0.39 is 11.9 Å². The Labute approximate surface area is 110 Å². The first-order chi connectivity index (χ1) is 7.51. The summed E-state index contributed by atoms with van der Waals surface area (Å²) in [7, 11) is 0. The Morgan fingerprint density at radius 3 is 2.31 bits per heavy atom. The van der Waals surface area contributed by atoms with E-state index in [0.29, 0.717) is 26.5 Å². The van der Waals surface area contributed by atoms with Crippen LogP contribution in [-0.4, -0.2) is 11.1 Å². The summed E-state index contributed by atoms with van der Waals surface area (Å²) in [5, 5.41) is 17.9. The molecule has 0 saturated heterocycles. The van der Waals surface area contributed by atoms with Crippen molar-refractivity contribution in [3.05, 3.63) is 32.2 Å². The van der Waals surface area contributed by atoms with E-state index in [0.717, 1.165) is 0 Å². The molecule has 0 radical (unpaired) electrons. The van der Waals surface area contributed by atoms with Crippen LogP contribution in [0.2, 0.25) is 0 Å². The third kappa shape index (κ3) is 2.63. The van der Waals surface area contributed by atoms with Crippen LogP contribution in [0.1, 0.15) is 30.4 Å². The Balaban J connectivity index is 3.34. The molecule has 3 nitrogen and oxygen atoms in total. The summed E-state index contributed by atoms with van der Waals surface area (Å²) in [4.78, 5) is 11.1. The fourth-order valence-corrected chi connectivity index (χ4v) is 3.22. The summed E-state index contributed by atoms with van der Waals surface area (Å²) in [6, 6.07) is 5.28. The summed E-state index contributed by atoms with van der Waals surface area (Å²) in [6.45, 7) is 1.82. The predicted octanol–water partition coefficient (Wildman–Crippen LogP) is 3.66. The number of halogens is 2. The summed E-state index contributed by atoms with van der Waals surface area (Å²) in [5.41, 5.74) is 1.16. The van der Waals surface area contributed by atoms with Crippen molar-refractivity contribution in [2.75, 3.05) is 0 Å². The normalized spacial score (nSPS) is 11.9. The molecule has 0 heterocycles. The van der Waals surface area contributed by atoms with Gasteiger partial charge in [-0.1, -0.05) is 38.8 Å². The fourth-order valence-electron chi connectivity index (χ4n) is 1.48.